The number of hydrogen-bond acceptors (Lipinski definition) is 4. The van der Waals surface area contributed by atoms with Crippen LogP contribution in [0.4, 0.5) is 5.69 Å². The van der Waals surface area contributed by atoms with E-state index in [1.54, 1.807) is 23.5 Å². The number of oxime groups is 1. The molecule has 0 saturated heterocycles. The van der Waals surface area contributed by atoms with Gasteiger partial charge in [-0.05, 0) is 36.1 Å². The van der Waals surface area contributed by atoms with Gasteiger partial charge >= 0.3 is 0 Å². The predicted octanol–water partition coefficient (Wildman–Crippen LogP) is 3.17. The smallest absolute Gasteiger partial charge is 0.172 e. The van der Waals surface area contributed by atoms with E-state index in [1.807, 2.05) is 19.2 Å². The van der Waals surface area contributed by atoms with Crippen molar-refractivity contribution in [1.29, 1.82) is 0 Å². The van der Waals surface area contributed by atoms with E-state index in [0.29, 0.717) is 10.6 Å². The maximum atomic E-state index is 8.86. The predicted molar refractivity (Wildman–Crippen MR) is 85.3 cm³/mol. The number of rotatable bonds is 5. The van der Waals surface area contributed by atoms with Gasteiger partial charge in [-0.15, -0.1) is 11.3 Å². The van der Waals surface area contributed by atoms with Gasteiger partial charge in [0, 0.05) is 34.7 Å². The molecule has 6 heteroatoms. The van der Waals surface area contributed by atoms with Crippen LogP contribution >= 0.6 is 22.9 Å². The standard InChI is InChI=1S/C14H16ClN3OS/c1-18(7-6-11-3-2-8-20-11)13-9-10(15)4-5-12(13)14(16)17-19/h2-5,8-9,19H,6-7H2,1H3,(H2,16,17). The van der Waals surface area contributed by atoms with Gasteiger partial charge in [-0.25, -0.2) is 0 Å². The highest BCUT2D eigenvalue weighted by atomic mass is 35.5. The van der Waals surface area contributed by atoms with Gasteiger partial charge in [0.1, 0.15) is 0 Å². The molecular weight excluding hydrogens is 294 g/mol. The van der Waals surface area contributed by atoms with Gasteiger partial charge in [-0.2, -0.15) is 0 Å². The SMILES string of the molecule is CN(CCc1cccs1)c1cc(Cl)ccc1C(N)=NO. The molecule has 1 aromatic carbocycles. The van der Waals surface area contributed by atoms with Crippen molar-refractivity contribution in [1.82, 2.24) is 0 Å². The highest BCUT2D eigenvalue weighted by Crippen LogP contribution is 2.24. The number of nitrogens with zero attached hydrogens (tertiary/aromatic N) is 2. The zero-order chi connectivity index (χ0) is 14.5. The first-order valence-electron chi connectivity index (χ1n) is 6.13. The van der Waals surface area contributed by atoms with E-state index in [2.05, 4.69) is 21.5 Å². The second kappa shape index (κ2) is 6.63. The van der Waals surface area contributed by atoms with Crippen LogP contribution in [-0.4, -0.2) is 24.6 Å². The average molecular weight is 310 g/mol. The molecule has 0 aliphatic rings. The maximum Gasteiger partial charge on any atom is 0.172 e. The van der Waals surface area contributed by atoms with Crippen LogP contribution in [-0.2, 0) is 6.42 Å². The molecule has 106 valence electrons. The first kappa shape index (κ1) is 14.7. The number of thiophene rings is 1. The molecule has 0 aliphatic carbocycles. The van der Waals surface area contributed by atoms with Crippen LogP contribution in [0.25, 0.3) is 0 Å². The van der Waals surface area contributed by atoms with Gasteiger partial charge in [0.15, 0.2) is 5.84 Å². The van der Waals surface area contributed by atoms with Gasteiger partial charge in [0.05, 0.1) is 0 Å². The Labute approximate surface area is 127 Å². The first-order chi connectivity index (χ1) is 9.61. The third-order valence-electron chi connectivity index (χ3n) is 3.03. The second-order valence-electron chi connectivity index (χ2n) is 4.40. The Bertz CT molecular complexity index is 598. The van der Waals surface area contributed by atoms with E-state index in [1.165, 1.54) is 4.88 Å². The lowest BCUT2D eigenvalue weighted by Gasteiger charge is -2.22. The Morgan fingerprint density at radius 2 is 2.25 bits per heavy atom. The summed E-state index contributed by atoms with van der Waals surface area (Å²) in [6, 6.07) is 9.46. The van der Waals surface area contributed by atoms with Crippen LogP contribution in [0.3, 0.4) is 0 Å². The van der Waals surface area contributed by atoms with Gasteiger partial charge in [0.25, 0.3) is 0 Å². The molecule has 0 radical (unpaired) electrons. The molecule has 0 saturated carbocycles. The number of likely N-dealkylation sites (N-methyl/N-ethyl adjacent to an activating group) is 1. The summed E-state index contributed by atoms with van der Waals surface area (Å²) >= 11 is 7.78. The van der Waals surface area contributed by atoms with Crippen molar-refractivity contribution in [3.05, 3.63) is 51.2 Å². The van der Waals surface area contributed by atoms with Gasteiger partial charge in [-0.1, -0.05) is 22.8 Å². The van der Waals surface area contributed by atoms with Crippen LogP contribution in [0.1, 0.15) is 10.4 Å². The number of nitrogens with two attached hydrogens (primary N) is 1. The summed E-state index contributed by atoms with van der Waals surface area (Å²) < 4.78 is 0. The monoisotopic (exact) mass is 309 g/mol. The van der Waals surface area contributed by atoms with E-state index >= 15 is 0 Å². The Morgan fingerprint density at radius 3 is 2.90 bits per heavy atom. The van der Waals surface area contributed by atoms with E-state index < -0.39 is 0 Å². The van der Waals surface area contributed by atoms with Gasteiger partial charge in [0.2, 0.25) is 0 Å². The molecule has 0 spiro atoms. The van der Waals surface area contributed by atoms with Crippen molar-refractivity contribution in [3.8, 4) is 0 Å². The van der Waals surface area contributed by atoms with Crippen molar-refractivity contribution >= 4 is 34.5 Å². The number of amidine groups is 1. The lowest BCUT2D eigenvalue weighted by molar-refractivity contribution is 0.318. The van der Waals surface area contributed by atoms with E-state index in [4.69, 9.17) is 22.5 Å². The fraction of sp³-hybridized carbons (Fsp3) is 0.214. The molecule has 1 aromatic heterocycles. The molecule has 1 heterocycles. The number of hydrogen-bond donors (Lipinski definition) is 2. The molecule has 2 aromatic rings. The lowest BCUT2D eigenvalue weighted by atomic mass is 10.1. The summed E-state index contributed by atoms with van der Waals surface area (Å²) in [6.07, 6.45) is 0.941. The fourth-order valence-corrected chi connectivity index (χ4v) is 2.81. The Morgan fingerprint density at radius 1 is 1.45 bits per heavy atom. The Hall–Kier alpha value is -1.72. The number of halogens is 1. The van der Waals surface area contributed by atoms with Crippen molar-refractivity contribution < 1.29 is 5.21 Å². The quantitative estimate of drug-likeness (QED) is 0.386. The molecule has 4 nitrogen and oxygen atoms in total. The Balaban J connectivity index is 2.19. The van der Waals surface area contributed by atoms with Crippen molar-refractivity contribution in [2.75, 3.05) is 18.5 Å². The van der Waals surface area contributed by atoms with Crippen LogP contribution < -0.4 is 10.6 Å². The average Bonchev–Trinajstić information content (AvgIpc) is 2.97. The van der Waals surface area contributed by atoms with Crippen LogP contribution in [0, 0.1) is 0 Å². The molecule has 0 aliphatic heterocycles. The maximum absolute atomic E-state index is 8.86. The zero-order valence-electron chi connectivity index (χ0n) is 11.1. The van der Waals surface area contributed by atoms with Crippen molar-refractivity contribution in [2.24, 2.45) is 10.9 Å². The Kier molecular flexibility index (Phi) is 4.87. The number of anilines is 1. The summed E-state index contributed by atoms with van der Waals surface area (Å²) in [4.78, 5) is 3.38. The number of benzene rings is 1. The van der Waals surface area contributed by atoms with Crippen LogP contribution in [0.2, 0.25) is 5.02 Å². The molecule has 0 atom stereocenters. The normalized spacial score (nSPS) is 11.6. The zero-order valence-corrected chi connectivity index (χ0v) is 12.7. The minimum absolute atomic E-state index is 0.0830. The van der Waals surface area contributed by atoms with Crippen molar-refractivity contribution in [2.45, 2.75) is 6.42 Å². The molecule has 2 rings (SSSR count). The molecule has 3 N–H and O–H groups in total. The molecular formula is C14H16ClN3OS. The minimum atomic E-state index is 0.0830. The third kappa shape index (κ3) is 3.43. The molecule has 0 fully saturated rings. The summed E-state index contributed by atoms with van der Waals surface area (Å²) in [6.45, 7) is 0.826. The van der Waals surface area contributed by atoms with E-state index in [-0.39, 0.29) is 5.84 Å². The van der Waals surface area contributed by atoms with Crippen molar-refractivity contribution in [3.63, 3.8) is 0 Å². The third-order valence-corrected chi connectivity index (χ3v) is 4.20. The summed E-state index contributed by atoms with van der Waals surface area (Å²) in [7, 11) is 1.97. The molecule has 0 unspecified atom stereocenters. The summed E-state index contributed by atoms with van der Waals surface area (Å²) in [5.41, 5.74) is 7.23. The van der Waals surface area contributed by atoms with Gasteiger partial charge < -0.3 is 15.8 Å². The second-order valence-corrected chi connectivity index (χ2v) is 5.87. The first-order valence-corrected chi connectivity index (χ1v) is 7.38. The molecule has 20 heavy (non-hydrogen) atoms. The fourth-order valence-electron chi connectivity index (χ4n) is 1.94. The largest absolute Gasteiger partial charge is 0.409 e. The van der Waals surface area contributed by atoms with E-state index in [0.717, 1.165) is 18.7 Å². The highest BCUT2D eigenvalue weighted by molar-refractivity contribution is 7.09. The summed E-state index contributed by atoms with van der Waals surface area (Å²) in [5.74, 6) is 0.0830. The lowest BCUT2D eigenvalue weighted by Crippen LogP contribution is -2.24. The minimum Gasteiger partial charge on any atom is -0.409 e. The summed E-state index contributed by atoms with van der Waals surface area (Å²) in [5, 5.41) is 14.6. The molecule has 0 amide bonds. The van der Waals surface area contributed by atoms with E-state index in [9.17, 15) is 0 Å². The molecule has 0 bridgehead atoms. The highest BCUT2D eigenvalue weighted by Gasteiger charge is 2.12. The van der Waals surface area contributed by atoms with Crippen LogP contribution in [0.15, 0.2) is 40.9 Å². The van der Waals surface area contributed by atoms with Crippen LogP contribution in [0.5, 0.6) is 0 Å². The topological polar surface area (TPSA) is 61.8 Å². The van der Waals surface area contributed by atoms with Gasteiger partial charge in [-0.3, -0.25) is 0 Å².